The van der Waals surface area contributed by atoms with Crippen molar-refractivity contribution < 1.29 is 112 Å². The van der Waals surface area contributed by atoms with Gasteiger partial charge < -0.3 is 30.9 Å². The van der Waals surface area contributed by atoms with Crippen LogP contribution in [0.1, 0.15) is 1.43 Å². The molecule has 0 aliphatic heterocycles. The Balaban J connectivity index is 0. The van der Waals surface area contributed by atoms with E-state index in [-0.39, 0.29) is 136 Å². The standard InChI is InChI=1S/2HI.K.Na.H2O.H/h2*1H;;;1H2;/q;;2*+1;;-1/p-1. The van der Waals surface area contributed by atoms with Gasteiger partial charge in [-0.05, 0) is 0 Å². The maximum absolute atomic E-state index is 0. The summed E-state index contributed by atoms with van der Waals surface area (Å²) in [6.45, 7) is 0. The molecule has 0 fully saturated rings. The third kappa shape index (κ3) is 18.0. The van der Waals surface area contributed by atoms with Crippen molar-refractivity contribution in [2.75, 3.05) is 0 Å². The van der Waals surface area contributed by atoms with E-state index in [4.69, 9.17) is 0 Å². The smallest absolute Gasteiger partial charge is 1.00 e. The van der Waals surface area contributed by atoms with Crippen molar-refractivity contribution >= 4 is 24.0 Å². The Morgan fingerprint density at radius 2 is 1.20 bits per heavy atom. The van der Waals surface area contributed by atoms with Crippen LogP contribution in [0.5, 0.6) is 0 Å². The summed E-state index contributed by atoms with van der Waals surface area (Å²) in [6.07, 6.45) is 0. The van der Waals surface area contributed by atoms with Gasteiger partial charge in [-0.25, -0.2) is 0 Å². The molecule has 0 radical (unpaired) electrons. The quantitative estimate of drug-likeness (QED) is 0.311. The van der Waals surface area contributed by atoms with Crippen molar-refractivity contribution in [1.82, 2.24) is 0 Å². The summed E-state index contributed by atoms with van der Waals surface area (Å²) in [5, 5.41) is 0. The van der Waals surface area contributed by atoms with Crippen molar-refractivity contribution in [3.63, 3.8) is 0 Å². The first kappa shape index (κ1) is 35.7. The molecule has 0 aromatic carbocycles. The minimum absolute atomic E-state index is 0. The second-order valence-corrected chi connectivity index (χ2v) is 0. The maximum Gasteiger partial charge on any atom is 1.00 e. The van der Waals surface area contributed by atoms with E-state index in [1.165, 1.54) is 0 Å². The molecule has 1 nitrogen and oxygen atoms in total. The molecule has 0 bridgehead atoms. The summed E-state index contributed by atoms with van der Waals surface area (Å²) in [6, 6.07) is 0. The second-order valence-electron chi connectivity index (χ2n) is 0. The Kier molecular flexibility index (Phi) is 174. The summed E-state index contributed by atoms with van der Waals surface area (Å²) in [5.41, 5.74) is 0. The van der Waals surface area contributed by atoms with Gasteiger partial charge in [-0.2, -0.15) is 0 Å². The fourth-order valence-electron chi connectivity index (χ4n) is 0. The van der Waals surface area contributed by atoms with E-state index in [0.29, 0.717) is 0 Å². The Morgan fingerprint density at radius 1 is 1.20 bits per heavy atom. The van der Waals surface area contributed by atoms with E-state index in [0.717, 1.165) is 0 Å². The van der Waals surface area contributed by atoms with Crippen molar-refractivity contribution in [3.8, 4) is 0 Å². The van der Waals surface area contributed by atoms with Crippen LogP contribution in [-0.4, -0.2) is 5.48 Å². The van der Waals surface area contributed by atoms with Gasteiger partial charge in [0, 0.05) is 0 Å². The van der Waals surface area contributed by atoms with Crippen LogP contribution in [0.25, 0.3) is 0 Å². The van der Waals surface area contributed by atoms with Gasteiger partial charge in [0.25, 0.3) is 0 Å². The van der Waals surface area contributed by atoms with Gasteiger partial charge >= 0.3 is 80.9 Å². The second kappa shape index (κ2) is 24.4. The Bertz CT molecular complexity index is 13.5. The minimum atomic E-state index is 0. The third-order valence-corrected chi connectivity index (χ3v) is 0. The van der Waals surface area contributed by atoms with Crippen LogP contribution in [0, 0.1) is 0 Å². The predicted octanol–water partition coefficient (Wildman–Crippen LogP) is -9.08. The topological polar surface area (TPSA) is 31.5 Å². The molecule has 0 aliphatic carbocycles. The fourth-order valence-corrected chi connectivity index (χ4v) is 0. The molecule has 0 saturated heterocycles. The minimum Gasteiger partial charge on any atom is -1.00 e. The van der Waals surface area contributed by atoms with E-state index in [1.54, 1.807) is 0 Å². The Hall–Kier alpha value is 4.06. The van der Waals surface area contributed by atoms with Gasteiger partial charge in [0.15, 0.2) is 0 Å². The first-order valence-electron chi connectivity index (χ1n) is 0. The van der Waals surface area contributed by atoms with E-state index in [1.807, 2.05) is 0 Å². The fraction of sp³-hybridized carbons (Fsp3) is 0. The van der Waals surface area contributed by atoms with Gasteiger partial charge in [-0.15, -0.1) is 24.0 Å². The van der Waals surface area contributed by atoms with E-state index < -0.39 is 0 Å². The van der Waals surface area contributed by atoms with Crippen LogP contribution in [-0.2, 0) is 0 Å². The largest absolute Gasteiger partial charge is 1.00 e. The molecule has 0 aliphatic rings. The number of hydrogen-bond acceptors (Lipinski definition) is 0. The molecule has 5 heteroatoms. The van der Waals surface area contributed by atoms with Crippen molar-refractivity contribution in [2.45, 2.75) is 0 Å². The molecule has 0 aromatic rings. The monoisotopic (exact) mass is 336 g/mol. The molecule has 26 valence electrons. The first-order valence-corrected chi connectivity index (χ1v) is 0. The van der Waals surface area contributed by atoms with Crippen LogP contribution in [0.2, 0.25) is 0 Å². The molecule has 5 heavy (non-hydrogen) atoms. The van der Waals surface area contributed by atoms with Crippen molar-refractivity contribution in [3.05, 3.63) is 0 Å². The van der Waals surface area contributed by atoms with Gasteiger partial charge in [0.1, 0.15) is 0 Å². The summed E-state index contributed by atoms with van der Waals surface area (Å²) in [4.78, 5) is 0. The molecule has 0 aromatic heterocycles. The predicted molar refractivity (Wildman–Crippen MR) is 20.1 cm³/mol. The molecular weight excluding hydrogens is 332 g/mol. The molecule has 0 amide bonds. The average molecular weight is 336 g/mol. The van der Waals surface area contributed by atoms with Crippen LogP contribution in [0.3, 0.4) is 0 Å². The number of hydrogen-bond donors (Lipinski definition) is 0. The van der Waals surface area contributed by atoms with Gasteiger partial charge in [0.2, 0.25) is 0 Å². The molecule has 0 unspecified atom stereocenters. The molecule has 0 heterocycles. The van der Waals surface area contributed by atoms with Crippen LogP contribution in [0.15, 0.2) is 0 Å². The maximum atomic E-state index is 0. The average Bonchev–Trinajstić information content (AvgIpc) is 0. The Morgan fingerprint density at radius 3 is 1.20 bits per heavy atom. The number of halogens is 2. The van der Waals surface area contributed by atoms with Gasteiger partial charge in [0.05, 0.1) is 0 Å². The van der Waals surface area contributed by atoms with Crippen LogP contribution < -0.4 is 105 Å². The zero-order valence-corrected chi connectivity index (χ0v) is 12.9. The van der Waals surface area contributed by atoms with E-state index in [9.17, 15) is 0 Å². The van der Waals surface area contributed by atoms with Gasteiger partial charge in [-0.3, -0.25) is 0 Å². The normalized spacial score (nSPS) is 0. The molecular formula is H4I2KNaO. The van der Waals surface area contributed by atoms with Gasteiger partial charge in [-0.1, -0.05) is 0 Å². The summed E-state index contributed by atoms with van der Waals surface area (Å²) < 4.78 is 0. The summed E-state index contributed by atoms with van der Waals surface area (Å²) in [7, 11) is 0. The summed E-state index contributed by atoms with van der Waals surface area (Å²) >= 11 is 0. The van der Waals surface area contributed by atoms with Crippen LogP contribution in [0.4, 0.5) is 0 Å². The third-order valence-electron chi connectivity index (χ3n) is 0. The van der Waals surface area contributed by atoms with Crippen molar-refractivity contribution in [2.24, 2.45) is 0 Å². The molecule has 0 rings (SSSR count). The molecule has 2 N–H and O–H groups in total. The first-order chi connectivity index (χ1) is 0. The molecule has 0 saturated carbocycles. The number of rotatable bonds is 0. The van der Waals surface area contributed by atoms with Crippen LogP contribution >= 0.6 is 24.0 Å². The zero-order chi connectivity index (χ0) is 0. The zero-order valence-electron chi connectivity index (χ0n) is 4.29. The van der Waals surface area contributed by atoms with Crippen molar-refractivity contribution in [1.29, 1.82) is 0 Å². The summed E-state index contributed by atoms with van der Waals surface area (Å²) in [5.74, 6) is 0. The van der Waals surface area contributed by atoms with E-state index in [2.05, 4.69) is 0 Å². The molecule has 0 spiro atoms. The SMILES string of the molecule is I.O.[H-].[I-].[K+].[Na+]. The van der Waals surface area contributed by atoms with E-state index >= 15 is 0 Å². The Labute approximate surface area is 132 Å². The molecule has 0 atom stereocenters.